The summed E-state index contributed by atoms with van der Waals surface area (Å²) in [5.74, 6) is 4.60. The van der Waals surface area contributed by atoms with Crippen LogP contribution in [0.2, 0.25) is 0 Å². The maximum Gasteiger partial charge on any atom is 0.306 e. The van der Waals surface area contributed by atoms with Crippen molar-refractivity contribution in [3.8, 4) is 0 Å². The highest BCUT2D eigenvalue weighted by Crippen LogP contribution is 2.68. The van der Waals surface area contributed by atoms with E-state index in [0.717, 1.165) is 54.8 Å². The number of carboxylic acid groups (broad SMARTS) is 1. The molecule has 9 atom stereocenters. The molecule has 0 aromatic heterocycles. The van der Waals surface area contributed by atoms with E-state index < -0.39 is 5.97 Å². The van der Waals surface area contributed by atoms with Crippen LogP contribution >= 0.6 is 0 Å². The fourth-order valence-electron chi connectivity index (χ4n) is 9.80. The van der Waals surface area contributed by atoms with Crippen LogP contribution < -0.4 is 0 Å². The molecule has 4 heteroatoms. The third-order valence-corrected chi connectivity index (χ3v) is 11.7. The summed E-state index contributed by atoms with van der Waals surface area (Å²) in [5, 5.41) is 8.85. The second kappa shape index (κ2) is 10.7. The molecule has 0 heterocycles. The molecule has 0 aromatic carbocycles. The maximum atomic E-state index is 12.1. The van der Waals surface area contributed by atoms with E-state index in [9.17, 15) is 9.59 Å². The van der Waals surface area contributed by atoms with Crippen LogP contribution in [0, 0.1) is 52.3 Å². The van der Waals surface area contributed by atoms with Gasteiger partial charge >= 0.3 is 11.9 Å². The number of carboxylic acids is 1. The molecular formula is C31H52O4. The summed E-state index contributed by atoms with van der Waals surface area (Å²) in [7, 11) is 0. The van der Waals surface area contributed by atoms with Gasteiger partial charge in [0.15, 0.2) is 0 Å². The first-order valence-corrected chi connectivity index (χ1v) is 15.0. The largest absolute Gasteiger partial charge is 0.481 e. The standard InChI is InChI=1S/C31H52O4/c1-20(2)7-6-8-21(3)25-11-12-26-24-10-9-22-19-23(35-29(34)14-13-28(32)33)15-17-30(22,4)27(24)16-18-31(25,26)5/h20-27H,6-19H2,1-5H3,(H,32,33)/t21-,22-,23-,24+,25+,26-,27+,30+,31-/m0/s1. The molecule has 4 aliphatic rings. The third-order valence-electron chi connectivity index (χ3n) is 11.7. The predicted molar refractivity (Wildman–Crippen MR) is 140 cm³/mol. The average molecular weight is 489 g/mol. The van der Waals surface area contributed by atoms with E-state index in [0.29, 0.717) is 16.7 Å². The molecule has 0 unspecified atom stereocenters. The SMILES string of the molecule is CC(C)CCC[C@H](C)[C@H]1CC[C@H]2[C@H]3CC[C@H]4C[C@@H](OC(=O)CCC(=O)O)CC[C@@]4(C)[C@@H]3CC[C@@]12C. The van der Waals surface area contributed by atoms with Gasteiger partial charge < -0.3 is 9.84 Å². The molecule has 35 heavy (non-hydrogen) atoms. The van der Waals surface area contributed by atoms with Crippen molar-refractivity contribution in [3.05, 3.63) is 0 Å². The Hall–Kier alpha value is -1.06. The molecule has 200 valence electrons. The van der Waals surface area contributed by atoms with E-state index in [1.54, 1.807) is 0 Å². The summed E-state index contributed by atoms with van der Waals surface area (Å²) in [6.07, 6.45) is 15.5. The molecule has 4 aliphatic carbocycles. The summed E-state index contributed by atoms with van der Waals surface area (Å²) in [6, 6.07) is 0. The molecule has 0 aliphatic heterocycles. The Morgan fingerprint density at radius 1 is 0.886 bits per heavy atom. The van der Waals surface area contributed by atoms with Gasteiger partial charge in [-0.05, 0) is 110 Å². The molecule has 1 N–H and O–H groups in total. The topological polar surface area (TPSA) is 63.6 Å². The van der Waals surface area contributed by atoms with E-state index in [4.69, 9.17) is 9.84 Å². The number of aliphatic carboxylic acids is 1. The summed E-state index contributed by atoms with van der Waals surface area (Å²) in [5.41, 5.74) is 0.924. The van der Waals surface area contributed by atoms with Crippen molar-refractivity contribution in [2.24, 2.45) is 52.3 Å². The van der Waals surface area contributed by atoms with Gasteiger partial charge in [0.2, 0.25) is 0 Å². The molecule has 0 bridgehead atoms. The van der Waals surface area contributed by atoms with Crippen molar-refractivity contribution in [1.82, 2.24) is 0 Å². The zero-order valence-corrected chi connectivity index (χ0v) is 23.2. The summed E-state index contributed by atoms with van der Waals surface area (Å²) in [4.78, 5) is 22.9. The van der Waals surface area contributed by atoms with Crippen molar-refractivity contribution >= 4 is 11.9 Å². The lowest BCUT2D eigenvalue weighted by molar-refractivity contribution is -0.164. The minimum atomic E-state index is -0.931. The summed E-state index contributed by atoms with van der Waals surface area (Å²) < 4.78 is 5.74. The van der Waals surface area contributed by atoms with Gasteiger partial charge in [-0.15, -0.1) is 0 Å². The van der Waals surface area contributed by atoms with Gasteiger partial charge in [0.25, 0.3) is 0 Å². The molecule has 4 fully saturated rings. The Bertz CT molecular complexity index is 761. The minimum Gasteiger partial charge on any atom is -0.481 e. The van der Waals surface area contributed by atoms with Crippen LogP contribution in [0.5, 0.6) is 0 Å². The third kappa shape index (κ3) is 5.47. The van der Waals surface area contributed by atoms with Crippen molar-refractivity contribution in [2.75, 3.05) is 0 Å². The highest BCUT2D eigenvalue weighted by molar-refractivity contribution is 5.76. The van der Waals surface area contributed by atoms with Crippen molar-refractivity contribution in [2.45, 2.75) is 131 Å². The Labute approximate surface area is 214 Å². The Kier molecular flexibility index (Phi) is 8.28. The van der Waals surface area contributed by atoms with Crippen LogP contribution in [0.1, 0.15) is 125 Å². The number of esters is 1. The fourth-order valence-corrected chi connectivity index (χ4v) is 9.80. The first-order valence-electron chi connectivity index (χ1n) is 15.0. The molecule has 0 amide bonds. The second-order valence-corrected chi connectivity index (χ2v) is 14.0. The second-order valence-electron chi connectivity index (χ2n) is 14.0. The first kappa shape index (κ1) is 27.0. The van der Waals surface area contributed by atoms with Crippen LogP contribution in [0.25, 0.3) is 0 Å². The molecular weight excluding hydrogens is 436 g/mol. The molecule has 0 aromatic rings. The molecule has 0 spiro atoms. The summed E-state index contributed by atoms with van der Waals surface area (Å²) in [6.45, 7) is 12.5. The first-order chi connectivity index (χ1) is 16.5. The van der Waals surface area contributed by atoms with E-state index in [-0.39, 0.29) is 24.9 Å². The van der Waals surface area contributed by atoms with Gasteiger partial charge in [0.05, 0.1) is 12.8 Å². The van der Waals surface area contributed by atoms with E-state index in [1.807, 2.05) is 0 Å². The monoisotopic (exact) mass is 488 g/mol. The van der Waals surface area contributed by atoms with Gasteiger partial charge in [-0.1, -0.05) is 53.9 Å². The highest BCUT2D eigenvalue weighted by atomic mass is 16.5. The lowest BCUT2D eigenvalue weighted by Crippen LogP contribution is -2.54. The zero-order chi connectivity index (χ0) is 25.4. The minimum absolute atomic E-state index is 0.00418. The number of hydrogen-bond donors (Lipinski definition) is 1. The smallest absolute Gasteiger partial charge is 0.306 e. The molecule has 0 radical (unpaired) electrons. The molecule has 4 rings (SSSR count). The Morgan fingerprint density at radius 2 is 1.60 bits per heavy atom. The van der Waals surface area contributed by atoms with Gasteiger partial charge in [0, 0.05) is 0 Å². The van der Waals surface area contributed by atoms with Gasteiger partial charge in [-0.3, -0.25) is 9.59 Å². The van der Waals surface area contributed by atoms with Gasteiger partial charge in [0.1, 0.15) is 6.10 Å². The zero-order valence-electron chi connectivity index (χ0n) is 23.2. The molecule has 4 saturated carbocycles. The number of hydrogen-bond acceptors (Lipinski definition) is 3. The van der Waals surface area contributed by atoms with E-state index in [2.05, 4.69) is 34.6 Å². The van der Waals surface area contributed by atoms with Crippen LogP contribution in [-0.4, -0.2) is 23.1 Å². The summed E-state index contributed by atoms with van der Waals surface area (Å²) >= 11 is 0. The number of rotatable bonds is 9. The Balaban J connectivity index is 1.37. The Morgan fingerprint density at radius 3 is 2.31 bits per heavy atom. The lowest BCUT2D eigenvalue weighted by Gasteiger charge is -2.61. The van der Waals surface area contributed by atoms with Crippen molar-refractivity contribution < 1.29 is 19.4 Å². The van der Waals surface area contributed by atoms with Crippen LogP contribution in [0.15, 0.2) is 0 Å². The van der Waals surface area contributed by atoms with Crippen molar-refractivity contribution in [3.63, 3.8) is 0 Å². The van der Waals surface area contributed by atoms with Crippen LogP contribution in [0.3, 0.4) is 0 Å². The number of carbonyl (C=O) groups excluding carboxylic acids is 1. The van der Waals surface area contributed by atoms with Crippen LogP contribution in [-0.2, 0) is 14.3 Å². The van der Waals surface area contributed by atoms with Crippen molar-refractivity contribution in [1.29, 1.82) is 0 Å². The quantitative estimate of drug-likeness (QED) is 0.335. The number of carbonyl (C=O) groups is 2. The number of fused-ring (bicyclic) bond motifs is 5. The maximum absolute atomic E-state index is 12.1. The molecule has 0 saturated heterocycles. The predicted octanol–water partition coefficient (Wildman–Crippen LogP) is 7.88. The van der Waals surface area contributed by atoms with Gasteiger partial charge in [-0.25, -0.2) is 0 Å². The number of ether oxygens (including phenoxy) is 1. The van der Waals surface area contributed by atoms with E-state index in [1.165, 1.54) is 57.8 Å². The van der Waals surface area contributed by atoms with Crippen LogP contribution in [0.4, 0.5) is 0 Å². The average Bonchev–Trinajstić information content (AvgIpc) is 3.15. The highest BCUT2D eigenvalue weighted by Gasteiger charge is 2.60. The molecule has 4 nitrogen and oxygen atoms in total. The normalized spacial score (nSPS) is 41.5. The van der Waals surface area contributed by atoms with Gasteiger partial charge in [-0.2, -0.15) is 0 Å². The lowest BCUT2D eigenvalue weighted by atomic mass is 9.44. The van der Waals surface area contributed by atoms with E-state index >= 15 is 0 Å². The fraction of sp³-hybridized carbons (Fsp3) is 0.935.